The number of methoxy groups -OCH3 is 1. The third-order valence-electron chi connectivity index (χ3n) is 2.64. The molecular formula is C13H14N2O4S. The summed E-state index contributed by atoms with van der Waals surface area (Å²) >= 11 is 1.46. The highest BCUT2D eigenvalue weighted by Gasteiger charge is 2.22. The van der Waals surface area contributed by atoms with Gasteiger partial charge in [0.2, 0.25) is 5.76 Å². The number of carbonyl (C=O) groups excluding carboxylic acids is 2. The monoisotopic (exact) mass is 294 g/mol. The molecule has 7 heteroatoms. The largest absolute Gasteiger partial charge is 0.469 e. The van der Waals surface area contributed by atoms with Crippen molar-refractivity contribution in [1.82, 2.24) is 10.5 Å². The van der Waals surface area contributed by atoms with Gasteiger partial charge in [-0.05, 0) is 18.4 Å². The van der Waals surface area contributed by atoms with E-state index < -0.39 is 17.9 Å². The van der Waals surface area contributed by atoms with Crippen LogP contribution in [0.3, 0.4) is 0 Å². The third kappa shape index (κ3) is 3.45. The number of aryl methyl sites for hydroxylation is 1. The molecule has 1 amide bonds. The number of esters is 1. The van der Waals surface area contributed by atoms with Gasteiger partial charge >= 0.3 is 5.97 Å². The first-order valence-corrected chi connectivity index (χ1v) is 6.82. The van der Waals surface area contributed by atoms with E-state index in [1.165, 1.54) is 18.4 Å². The maximum Gasteiger partial charge on any atom is 0.307 e. The van der Waals surface area contributed by atoms with Crippen LogP contribution in [0, 0.1) is 6.92 Å². The predicted molar refractivity (Wildman–Crippen MR) is 72.4 cm³/mol. The molecule has 2 rings (SSSR count). The van der Waals surface area contributed by atoms with Crippen LogP contribution in [-0.2, 0) is 9.53 Å². The molecule has 0 radical (unpaired) electrons. The van der Waals surface area contributed by atoms with Gasteiger partial charge in [-0.2, -0.15) is 0 Å². The molecule has 2 aromatic heterocycles. The fourth-order valence-electron chi connectivity index (χ4n) is 1.66. The molecule has 0 aliphatic heterocycles. The van der Waals surface area contributed by atoms with E-state index in [2.05, 4.69) is 15.2 Å². The molecule has 2 aromatic rings. The quantitative estimate of drug-likeness (QED) is 0.854. The fraction of sp³-hybridized carbons (Fsp3) is 0.308. The van der Waals surface area contributed by atoms with Gasteiger partial charge in [0, 0.05) is 10.9 Å². The molecule has 1 N–H and O–H groups in total. The fourth-order valence-corrected chi connectivity index (χ4v) is 2.44. The molecule has 0 aliphatic rings. The van der Waals surface area contributed by atoms with Gasteiger partial charge in [-0.1, -0.05) is 11.2 Å². The van der Waals surface area contributed by atoms with Gasteiger partial charge < -0.3 is 14.6 Å². The number of aromatic nitrogens is 1. The number of carbonyl (C=O) groups is 2. The van der Waals surface area contributed by atoms with Crippen molar-refractivity contribution in [2.75, 3.05) is 7.11 Å². The summed E-state index contributed by atoms with van der Waals surface area (Å²) in [5.74, 6) is -0.681. The van der Waals surface area contributed by atoms with Crippen molar-refractivity contribution < 1.29 is 18.8 Å². The van der Waals surface area contributed by atoms with E-state index in [1.54, 1.807) is 13.0 Å². The summed E-state index contributed by atoms with van der Waals surface area (Å²) in [4.78, 5) is 24.4. The number of amides is 1. The van der Waals surface area contributed by atoms with E-state index in [4.69, 9.17) is 4.52 Å². The third-order valence-corrected chi connectivity index (χ3v) is 3.63. The van der Waals surface area contributed by atoms with Crippen LogP contribution >= 0.6 is 11.3 Å². The molecule has 1 atom stereocenters. The molecular weight excluding hydrogens is 280 g/mol. The first-order chi connectivity index (χ1) is 9.60. The molecule has 1 unspecified atom stereocenters. The summed E-state index contributed by atoms with van der Waals surface area (Å²) in [6.07, 6.45) is 0.0653. The lowest BCUT2D eigenvalue weighted by molar-refractivity contribution is -0.141. The molecule has 0 spiro atoms. The molecule has 0 bridgehead atoms. The molecule has 0 aliphatic carbocycles. The van der Waals surface area contributed by atoms with Crippen LogP contribution in [0.2, 0.25) is 0 Å². The SMILES string of the molecule is COC(=O)CC(NC(=O)c1cc(C)no1)c1cccs1. The lowest BCUT2D eigenvalue weighted by atomic mass is 10.1. The Hall–Kier alpha value is -2.15. The van der Waals surface area contributed by atoms with Crippen molar-refractivity contribution in [3.8, 4) is 0 Å². The topological polar surface area (TPSA) is 81.4 Å². The van der Waals surface area contributed by atoms with Crippen molar-refractivity contribution in [3.05, 3.63) is 39.9 Å². The average Bonchev–Trinajstić information content (AvgIpc) is 3.08. The summed E-state index contributed by atoms with van der Waals surface area (Å²) in [6.45, 7) is 1.73. The van der Waals surface area contributed by atoms with Gasteiger partial charge in [0.25, 0.3) is 5.91 Å². The van der Waals surface area contributed by atoms with Gasteiger partial charge in [0.15, 0.2) is 0 Å². The van der Waals surface area contributed by atoms with Gasteiger partial charge in [0.05, 0.1) is 25.3 Å². The predicted octanol–water partition coefficient (Wildman–Crippen LogP) is 2.08. The number of thiophene rings is 1. The van der Waals surface area contributed by atoms with Crippen molar-refractivity contribution in [3.63, 3.8) is 0 Å². The number of hydrogen-bond donors (Lipinski definition) is 1. The zero-order valence-electron chi connectivity index (χ0n) is 11.1. The highest BCUT2D eigenvalue weighted by atomic mass is 32.1. The van der Waals surface area contributed by atoms with Crippen LogP contribution in [0.1, 0.15) is 33.6 Å². The van der Waals surface area contributed by atoms with Crippen LogP contribution in [0.25, 0.3) is 0 Å². The maximum absolute atomic E-state index is 12.0. The zero-order valence-corrected chi connectivity index (χ0v) is 11.9. The van der Waals surface area contributed by atoms with Crippen molar-refractivity contribution >= 4 is 23.2 Å². The zero-order chi connectivity index (χ0) is 14.5. The molecule has 106 valence electrons. The summed E-state index contributed by atoms with van der Waals surface area (Å²) in [5, 5.41) is 8.29. The second-order valence-corrected chi connectivity index (χ2v) is 5.13. The molecule has 0 saturated heterocycles. The number of nitrogens with zero attached hydrogens (tertiary/aromatic N) is 1. The van der Waals surface area contributed by atoms with Crippen LogP contribution < -0.4 is 5.32 Å². The Kier molecular flexibility index (Phi) is 4.52. The van der Waals surface area contributed by atoms with Gasteiger partial charge in [0.1, 0.15) is 0 Å². The highest BCUT2D eigenvalue weighted by Crippen LogP contribution is 2.23. The first kappa shape index (κ1) is 14.3. The van der Waals surface area contributed by atoms with E-state index in [0.717, 1.165) is 4.88 Å². The Morgan fingerprint density at radius 2 is 2.35 bits per heavy atom. The lowest BCUT2D eigenvalue weighted by Crippen LogP contribution is -2.29. The summed E-state index contributed by atoms with van der Waals surface area (Å²) in [6, 6.07) is 4.80. The normalized spacial score (nSPS) is 11.9. The van der Waals surface area contributed by atoms with E-state index in [-0.39, 0.29) is 12.2 Å². The molecule has 0 saturated carbocycles. The van der Waals surface area contributed by atoms with Crippen LogP contribution in [-0.4, -0.2) is 24.1 Å². The van der Waals surface area contributed by atoms with Gasteiger partial charge in [-0.3, -0.25) is 9.59 Å². The minimum atomic E-state index is -0.444. The minimum absolute atomic E-state index is 0.0653. The van der Waals surface area contributed by atoms with Crippen LogP contribution in [0.4, 0.5) is 0 Å². The summed E-state index contributed by atoms with van der Waals surface area (Å²) in [5.41, 5.74) is 0.621. The van der Waals surface area contributed by atoms with Gasteiger partial charge in [-0.25, -0.2) is 0 Å². The molecule has 0 fully saturated rings. The Bertz CT molecular complexity index is 591. The Morgan fingerprint density at radius 1 is 1.55 bits per heavy atom. The number of rotatable bonds is 5. The average molecular weight is 294 g/mol. The van der Waals surface area contributed by atoms with E-state index in [9.17, 15) is 9.59 Å². The Labute approximate surface area is 119 Å². The second-order valence-electron chi connectivity index (χ2n) is 4.15. The Morgan fingerprint density at radius 3 is 2.90 bits per heavy atom. The van der Waals surface area contributed by atoms with E-state index in [1.807, 2.05) is 17.5 Å². The number of hydrogen-bond acceptors (Lipinski definition) is 6. The van der Waals surface area contributed by atoms with Crippen LogP contribution in [0.15, 0.2) is 28.1 Å². The lowest BCUT2D eigenvalue weighted by Gasteiger charge is -2.15. The van der Waals surface area contributed by atoms with E-state index >= 15 is 0 Å². The summed E-state index contributed by atoms with van der Waals surface area (Å²) < 4.78 is 9.55. The standard InChI is InChI=1S/C13H14N2O4S/c1-8-6-10(19-15-8)13(17)14-9(7-12(16)18-2)11-4-3-5-20-11/h3-6,9H,7H2,1-2H3,(H,14,17). The van der Waals surface area contributed by atoms with Crippen LogP contribution in [0.5, 0.6) is 0 Å². The smallest absolute Gasteiger partial charge is 0.307 e. The molecule has 20 heavy (non-hydrogen) atoms. The molecule has 2 heterocycles. The molecule has 0 aromatic carbocycles. The summed E-state index contributed by atoms with van der Waals surface area (Å²) in [7, 11) is 1.31. The first-order valence-electron chi connectivity index (χ1n) is 5.94. The number of ether oxygens (including phenoxy) is 1. The maximum atomic E-state index is 12.0. The highest BCUT2D eigenvalue weighted by molar-refractivity contribution is 7.10. The number of nitrogens with one attached hydrogen (secondary N) is 1. The van der Waals surface area contributed by atoms with Crippen molar-refractivity contribution in [2.45, 2.75) is 19.4 Å². The van der Waals surface area contributed by atoms with E-state index in [0.29, 0.717) is 5.69 Å². The second kappa shape index (κ2) is 6.33. The van der Waals surface area contributed by atoms with Crippen molar-refractivity contribution in [1.29, 1.82) is 0 Å². The van der Waals surface area contributed by atoms with Crippen molar-refractivity contribution in [2.24, 2.45) is 0 Å². The minimum Gasteiger partial charge on any atom is -0.469 e. The van der Waals surface area contributed by atoms with Gasteiger partial charge in [-0.15, -0.1) is 11.3 Å². The molecule has 6 nitrogen and oxygen atoms in total. The Balaban J connectivity index is 2.11.